The monoisotopic (exact) mass is 475 g/mol. The fraction of sp³-hybridized carbons (Fsp3) is 0.391. The molecule has 0 unspecified atom stereocenters. The Bertz CT molecular complexity index is 853. The summed E-state index contributed by atoms with van der Waals surface area (Å²) in [6.07, 6.45) is -0.392. The fourth-order valence-corrected chi connectivity index (χ4v) is 4.26. The van der Waals surface area contributed by atoms with Gasteiger partial charge in [-0.25, -0.2) is 0 Å². The number of rotatable bonds is 6. The summed E-state index contributed by atoms with van der Waals surface area (Å²) in [7, 11) is 1.73. The SMILES string of the molecule is CCOC(=O)C1(C(=O)OCC)C[C@H](c2ccccc2)ON(C)[C@@H]1c1ccc(Br)cc1. The highest BCUT2D eigenvalue weighted by Crippen LogP contribution is 2.52. The minimum absolute atomic E-state index is 0.111. The smallest absolute Gasteiger partial charge is 0.325 e. The molecular formula is C23H26BrNO5. The topological polar surface area (TPSA) is 65.1 Å². The normalized spacial score (nSPS) is 21.1. The van der Waals surface area contributed by atoms with Gasteiger partial charge in [-0.1, -0.05) is 58.4 Å². The third-order valence-corrected chi connectivity index (χ3v) is 5.80. The number of carbonyl (C=O) groups is 2. The molecule has 160 valence electrons. The van der Waals surface area contributed by atoms with Crippen LogP contribution in [-0.4, -0.2) is 37.3 Å². The molecule has 2 aromatic rings. The molecule has 0 radical (unpaired) electrons. The van der Waals surface area contributed by atoms with Crippen LogP contribution in [0.25, 0.3) is 0 Å². The lowest BCUT2D eigenvalue weighted by Gasteiger charge is -2.47. The molecule has 0 saturated carbocycles. The average molecular weight is 476 g/mol. The molecule has 0 spiro atoms. The maximum Gasteiger partial charge on any atom is 0.325 e. The quantitative estimate of drug-likeness (QED) is 0.448. The highest BCUT2D eigenvalue weighted by molar-refractivity contribution is 9.10. The summed E-state index contributed by atoms with van der Waals surface area (Å²) in [6.45, 7) is 3.77. The van der Waals surface area contributed by atoms with E-state index in [0.717, 1.165) is 15.6 Å². The van der Waals surface area contributed by atoms with Gasteiger partial charge in [-0.15, -0.1) is 0 Å². The van der Waals surface area contributed by atoms with E-state index in [2.05, 4.69) is 15.9 Å². The van der Waals surface area contributed by atoms with Gasteiger partial charge in [0.15, 0.2) is 5.41 Å². The standard InChI is InChI=1S/C23H26BrNO5/c1-4-28-21(26)23(22(27)29-5-2)15-19(16-9-7-6-8-10-16)30-25(3)20(23)17-11-13-18(24)14-12-17/h6-14,19-20H,4-5,15H2,1-3H3/t19-,20-/m1/s1. The van der Waals surface area contributed by atoms with E-state index in [0.29, 0.717) is 0 Å². The van der Waals surface area contributed by atoms with Crippen LogP contribution in [0.5, 0.6) is 0 Å². The second-order valence-electron chi connectivity index (χ2n) is 7.12. The van der Waals surface area contributed by atoms with Gasteiger partial charge in [-0.2, -0.15) is 5.06 Å². The predicted molar refractivity (Wildman–Crippen MR) is 115 cm³/mol. The van der Waals surface area contributed by atoms with E-state index in [1.54, 1.807) is 26.0 Å². The molecule has 1 saturated heterocycles. The largest absolute Gasteiger partial charge is 0.465 e. The van der Waals surface area contributed by atoms with Gasteiger partial charge in [0.05, 0.1) is 19.3 Å². The van der Waals surface area contributed by atoms with E-state index in [-0.39, 0.29) is 19.6 Å². The van der Waals surface area contributed by atoms with Gasteiger partial charge in [0, 0.05) is 17.9 Å². The summed E-state index contributed by atoms with van der Waals surface area (Å²) in [4.78, 5) is 33.0. The minimum Gasteiger partial charge on any atom is -0.465 e. The van der Waals surface area contributed by atoms with E-state index >= 15 is 0 Å². The summed E-state index contributed by atoms with van der Waals surface area (Å²) in [5, 5.41) is 1.58. The van der Waals surface area contributed by atoms with E-state index in [1.807, 2.05) is 54.6 Å². The Balaban J connectivity index is 2.16. The molecule has 1 fully saturated rings. The van der Waals surface area contributed by atoms with Crippen molar-refractivity contribution in [1.29, 1.82) is 0 Å². The second-order valence-corrected chi connectivity index (χ2v) is 8.04. The number of hydrogen-bond donors (Lipinski definition) is 0. The first-order valence-electron chi connectivity index (χ1n) is 9.98. The summed E-state index contributed by atoms with van der Waals surface area (Å²) >= 11 is 3.43. The van der Waals surface area contributed by atoms with Crippen molar-refractivity contribution < 1.29 is 23.9 Å². The molecular weight excluding hydrogens is 450 g/mol. The average Bonchev–Trinajstić information content (AvgIpc) is 2.75. The molecule has 0 aromatic heterocycles. The molecule has 0 amide bonds. The van der Waals surface area contributed by atoms with Gasteiger partial charge in [0.2, 0.25) is 0 Å². The third kappa shape index (κ3) is 4.29. The lowest BCUT2D eigenvalue weighted by atomic mass is 9.70. The van der Waals surface area contributed by atoms with Crippen molar-refractivity contribution in [1.82, 2.24) is 5.06 Å². The highest BCUT2D eigenvalue weighted by Gasteiger charge is 2.61. The van der Waals surface area contributed by atoms with Crippen LogP contribution >= 0.6 is 15.9 Å². The number of hydroxylamine groups is 2. The zero-order valence-corrected chi connectivity index (χ0v) is 18.9. The Morgan fingerprint density at radius 3 is 2.10 bits per heavy atom. The molecule has 1 aliphatic heterocycles. The molecule has 1 heterocycles. The Labute approximate surface area is 185 Å². The Morgan fingerprint density at radius 2 is 1.57 bits per heavy atom. The number of esters is 2. The maximum atomic E-state index is 13.4. The molecule has 2 aromatic carbocycles. The van der Waals surface area contributed by atoms with E-state index in [1.165, 1.54) is 0 Å². The van der Waals surface area contributed by atoms with Gasteiger partial charge in [0.25, 0.3) is 0 Å². The van der Waals surface area contributed by atoms with Crippen molar-refractivity contribution in [3.63, 3.8) is 0 Å². The molecule has 0 bridgehead atoms. The molecule has 0 N–H and O–H groups in total. The zero-order chi connectivity index (χ0) is 21.7. The van der Waals surface area contributed by atoms with Gasteiger partial charge < -0.3 is 9.47 Å². The molecule has 6 nitrogen and oxygen atoms in total. The number of ether oxygens (including phenoxy) is 2. The summed E-state index contributed by atoms with van der Waals surface area (Å²) in [5.74, 6) is -1.21. The molecule has 0 aliphatic carbocycles. The van der Waals surface area contributed by atoms with Gasteiger partial charge >= 0.3 is 11.9 Å². The lowest BCUT2D eigenvalue weighted by Crippen LogP contribution is -2.56. The Morgan fingerprint density at radius 1 is 1.00 bits per heavy atom. The summed E-state index contributed by atoms with van der Waals surface area (Å²) in [6, 6.07) is 16.3. The third-order valence-electron chi connectivity index (χ3n) is 5.27. The first kappa shape index (κ1) is 22.5. The van der Waals surface area contributed by atoms with Crippen LogP contribution in [0, 0.1) is 5.41 Å². The summed E-state index contributed by atoms with van der Waals surface area (Å²) in [5.41, 5.74) is 0.0535. The first-order chi connectivity index (χ1) is 14.4. The summed E-state index contributed by atoms with van der Waals surface area (Å²) < 4.78 is 11.8. The Kier molecular flexibility index (Phi) is 7.28. The molecule has 3 rings (SSSR count). The number of carbonyl (C=O) groups excluding carboxylic acids is 2. The van der Waals surface area contributed by atoms with Crippen LogP contribution in [0.15, 0.2) is 59.1 Å². The van der Waals surface area contributed by atoms with Crippen molar-refractivity contribution in [2.75, 3.05) is 20.3 Å². The molecule has 7 heteroatoms. The van der Waals surface area contributed by atoms with Gasteiger partial charge in [-0.3, -0.25) is 14.4 Å². The number of halogens is 1. The van der Waals surface area contributed by atoms with Crippen molar-refractivity contribution in [3.05, 3.63) is 70.2 Å². The number of hydrogen-bond acceptors (Lipinski definition) is 6. The molecule has 1 aliphatic rings. The van der Waals surface area contributed by atoms with Crippen LogP contribution in [-0.2, 0) is 23.9 Å². The van der Waals surface area contributed by atoms with Crippen molar-refractivity contribution in [2.24, 2.45) is 5.41 Å². The van der Waals surface area contributed by atoms with E-state index < -0.39 is 29.5 Å². The highest BCUT2D eigenvalue weighted by atomic mass is 79.9. The van der Waals surface area contributed by atoms with E-state index in [9.17, 15) is 9.59 Å². The predicted octanol–water partition coefficient (Wildman–Crippen LogP) is 4.61. The van der Waals surface area contributed by atoms with Crippen LogP contribution in [0.2, 0.25) is 0 Å². The van der Waals surface area contributed by atoms with Crippen molar-refractivity contribution >= 4 is 27.9 Å². The zero-order valence-electron chi connectivity index (χ0n) is 17.3. The minimum atomic E-state index is -1.58. The Hall–Kier alpha value is -2.22. The van der Waals surface area contributed by atoms with Crippen LogP contribution in [0.3, 0.4) is 0 Å². The number of nitrogens with zero attached hydrogens (tertiary/aromatic N) is 1. The molecule has 2 atom stereocenters. The first-order valence-corrected chi connectivity index (χ1v) is 10.8. The van der Waals surface area contributed by atoms with Gasteiger partial charge in [0.1, 0.15) is 6.10 Å². The fourth-order valence-electron chi connectivity index (χ4n) is 3.99. The second kappa shape index (κ2) is 9.73. The molecule has 30 heavy (non-hydrogen) atoms. The van der Waals surface area contributed by atoms with Crippen molar-refractivity contribution in [2.45, 2.75) is 32.4 Å². The van der Waals surface area contributed by atoms with Crippen molar-refractivity contribution in [3.8, 4) is 0 Å². The van der Waals surface area contributed by atoms with E-state index in [4.69, 9.17) is 14.3 Å². The van der Waals surface area contributed by atoms with Crippen LogP contribution < -0.4 is 0 Å². The number of benzene rings is 2. The van der Waals surface area contributed by atoms with Crippen LogP contribution in [0.4, 0.5) is 0 Å². The van der Waals surface area contributed by atoms with Crippen LogP contribution in [0.1, 0.15) is 43.5 Å². The maximum absolute atomic E-state index is 13.4. The van der Waals surface area contributed by atoms with Gasteiger partial charge in [-0.05, 0) is 37.1 Å². The lowest BCUT2D eigenvalue weighted by molar-refractivity contribution is -0.278.